The number of rotatable bonds is 2. The van der Waals surface area contributed by atoms with Crippen LogP contribution in [0.3, 0.4) is 0 Å². The van der Waals surface area contributed by atoms with Gasteiger partial charge in [0.05, 0.1) is 0 Å². The summed E-state index contributed by atoms with van der Waals surface area (Å²) in [6.07, 6.45) is 3.63. The maximum atomic E-state index is 11.6. The second-order valence-electron chi connectivity index (χ2n) is 5.19. The third-order valence-corrected chi connectivity index (χ3v) is 4.23. The molecule has 0 saturated carbocycles. The highest BCUT2D eigenvalue weighted by molar-refractivity contribution is 6.31. The van der Waals surface area contributed by atoms with Crippen molar-refractivity contribution in [3.63, 3.8) is 0 Å². The molecule has 4 heteroatoms. The molecule has 96 valence electrons. The lowest BCUT2D eigenvalue weighted by Gasteiger charge is -2.36. The van der Waals surface area contributed by atoms with E-state index in [0.29, 0.717) is 30.7 Å². The smallest absolute Gasteiger partial charge is 0.137 e. The van der Waals surface area contributed by atoms with Gasteiger partial charge in [0, 0.05) is 48.4 Å². The van der Waals surface area contributed by atoms with Crippen LogP contribution in [-0.2, 0) is 4.79 Å². The summed E-state index contributed by atoms with van der Waals surface area (Å²) >= 11 is 6.16. The number of halogens is 1. The van der Waals surface area contributed by atoms with Crippen molar-refractivity contribution < 1.29 is 4.79 Å². The van der Waals surface area contributed by atoms with E-state index in [4.69, 9.17) is 11.6 Å². The summed E-state index contributed by atoms with van der Waals surface area (Å²) in [6, 6.07) is 6.79. The maximum Gasteiger partial charge on any atom is 0.137 e. The van der Waals surface area contributed by atoms with Crippen LogP contribution in [-0.4, -0.2) is 24.9 Å². The standard InChI is InChI=1S/C14H17ClN2O/c1-16-10-4-9(15)5-13(6-10)17-11-2-3-12(17)8-14(18)7-11/h4-6,11-12,16H,2-3,7-8H2,1H3. The molecule has 2 fully saturated rings. The van der Waals surface area contributed by atoms with Gasteiger partial charge in [0.25, 0.3) is 0 Å². The Bertz CT molecular complexity index is 473. The third-order valence-electron chi connectivity index (χ3n) is 4.02. The SMILES string of the molecule is CNc1cc(Cl)cc(N2C3CCC2CC(=O)C3)c1. The van der Waals surface area contributed by atoms with Crippen LogP contribution in [0.1, 0.15) is 25.7 Å². The summed E-state index contributed by atoms with van der Waals surface area (Å²) < 4.78 is 0. The molecule has 1 aromatic rings. The average Bonchev–Trinajstić information content (AvgIpc) is 2.61. The molecule has 18 heavy (non-hydrogen) atoms. The molecule has 1 aromatic carbocycles. The van der Waals surface area contributed by atoms with Gasteiger partial charge in [-0.3, -0.25) is 4.79 Å². The molecule has 2 aliphatic rings. The number of hydrogen-bond donors (Lipinski definition) is 1. The number of nitrogens with zero attached hydrogens (tertiary/aromatic N) is 1. The Morgan fingerprint density at radius 2 is 1.89 bits per heavy atom. The minimum absolute atomic E-state index is 0.374. The number of Topliss-reactive ketones (excluding diaryl/α,β-unsaturated/α-hetero) is 1. The van der Waals surface area contributed by atoms with Crippen molar-refractivity contribution in [2.75, 3.05) is 17.3 Å². The van der Waals surface area contributed by atoms with Crippen LogP contribution in [0.25, 0.3) is 0 Å². The van der Waals surface area contributed by atoms with Crippen molar-refractivity contribution in [2.45, 2.75) is 37.8 Å². The van der Waals surface area contributed by atoms with Crippen LogP contribution in [0.15, 0.2) is 18.2 Å². The molecule has 0 spiro atoms. The highest BCUT2D eigenvalue weighted by Crippen LogP contribution is 2.39. The van der Waals surface area contributed by atoms with Crippen LogP contribution < -0.4 is 10.2 Å². The first kappa shape index (κ1) is 11.8. The van der Waals surface area contributed by atoms with Crippen molar-refractivity contribution in [1.29, 1.82) is 0 Å². The number of nitrogens with one attached hydrogen (secondary N) is 1. The fraction of sp³-hybridized carbons (Fsp3) is 0.500. The lowest BCUT2D eigenvalue weighted by molar-refractivity contribution is -0.120. The number of fused-ring (bicyclic) bond motifs is 2. The molecule has 0 amide bonds. The third kappa shape index (κ3) is 1.97. The van der Waals surface area contributed by atoms with E-state index in [1.807, 2.05) is 19.2 Å². The molecule has 2 unspecified atom stereocenters. The summed E-state index contributed by atoms with van der Waals surface area (Å²) in [5.74, 6) is 0.412. The maximum absolute atomic E-state index is 11.6. The highest BCUT2D eigenvalue weighted by atomic mass is 35.5. The van der Waals surface area contributed by atoms with Gasteiger partial charge in [-0.25, -0.2) is 0 Å². The zero-order valence-corrected chi connectivity index (χ0v) is 11.2. The van der Waals surface area contributed by atoms with Crippen molar-refractivity contribution >= 4 is 28.8 Å². The summed E-state index contributed by atoms with van der Waals surface area (Å²) in [6.45, 7) is 0. The highest BCUT2D eigenvalue weighted by Gasteiger charge is 2.40. The van der Waals surface area contributed by atoms with Gasteiger partial charge in [-0.2, -0.15) is 0 Å². The number of piperidine rings is 1. The van der Waals surface area contributed by atoms with E-state index in [9.17, 15) is 4.79 Å². The average molecular weight is 265 g/mol. The number of ketones is 1. The minimum atomic E-state index is 0.374. The Labute approximate surface area is 112 Å². The molecule has 2 aliphatic heterocycles. The fourth-order valence-corrected chi connectivity index (χ4v) is 3.49. The summed E-state index contributed by atoms with van der Waals surface area (Å²) in [4.78, 5) is 14.0. The van der Waals surface area contributed by atoms with Gasteiger partial charge in [0.15, 0.2) is 0 Å². The van der Waals surface area contributed by atoms with E-state index >= 15 is 0 Å². The van der Waals surface area contributed by atoms with Crippen LogP contribution >= 0.6 is 11.6 Å². The van der Waals surface area contributed by atoms with E-state index < -0.39 is 0 Å². The molecule has 2 bridgehead atoms. The normalized spacial score (nSPS) is 26.6. The molecule has 3 rings (SSSR count). The Kier molecular flexibility index (Phi) is 2.94. The zero-order valence-electron chi connectivity index (χ0n) is 10.4. The molecular formula is C14H17ClN2O. The van der Waals surface area contributed by atoms with Crippen molar-refractivity contribution in [2.24, 2.45) is 0 Å². The Balaban J connectivity index is 1.95. The number of carbonyl (C=O) groups is 1. The first-order valence-electron chi connectivity index (χ1n) is 6.46. The summed E-state index contributed by atoms with van der Waals surface area (Å²) in [5.41, 5.74) is 2.17. The molecule has 1 N–H and O–H groups in total. The summed E-state index contributed by atoms with van der Waals surface area (Å²) in [7, 11) is 1.89. The van der Waals surface area contributed by atoms with E-state index in [1.54, 1.807) is 0 Å². The van der Waals surface area contributed by atoms with Gasteiger partial charge in [-0.1, -0.05) is 11.6 Å². The van der Waals surface area contributed by atoms with E-state index in [0.717, 1.165) is 29.2 Å². The second kappa shape index (κ2) is 4.47. The van der Waals surface area contributed by atoms with Crippen molar-refractivity contribution in [3.8, 4) is 0 Å². The lowest BCUT2D eigenvalue weighted by atomic mass is 10.0. The molecule has 3 nitrogen and oxygen atoms in total. The van der Waals surface area contributed by atoms with Crippen LogP contribution in [0, 0.1) is 0 Å². The predicted molar refractivity (Wildman–Crippen MR) is 74.5 cm³/mol. The van der Waals surface area contributed by atoms with Crippen molar-refractivity contribution in [3.05, 3.63) is 23.2 Å². The Hall–Kier alpha value is -1.22. The Morgan fingerprint density at radius 3 is 2.50 bits per heavy atom. The first-order valence-corrected chi connectivity index (χ1v) is 6.83. The van der Waals surface area contributed by atoms with E-state index in [-0.39, 0.29) is 0 Å². The second-order valence-corrected chi connectivity index (χ2v) is 5.62. The van der Waals surface area contributed by atoms with Gasteiger partial charge < -0.3 is 10.2 Å². The van der Waals surface area contributed by atoms with E-state index in [1.165, 1.54) is 0 Å². The van der Waals surface area contributed by atoms with Gasteiger partial charge in [0.2, 0.25) is 0 Å². The largest absolute Gasteiger partial charge is 0.388 e. The van der Waals surface area contributed by atoms with Gasteiger partial charge >= 0.3 is 0 Å². The van der Waals surface area contributed by atoms with E-state index in [2.05, 4.69) is 16.3 Å². The van der Waals surface area contributed by atoms with Crippen LogP contribution in [0.5, 0.6) is 0 Å². The number of carbonyl (C=O) groups excluding carboxylic acids is 1. The molecular weight excluding hydrogens is 248 g/mol. The van der Waals surface area contributed by atoms with Gasteiger partial charge in [-0.15, -0.1) is 0 Å². The minimum Gasteiger partial charge on any atom is -0.388 e. The predicted octanol–water partition coefficient (Wildman–Crippen LogP) is 3.08. The van der Waals surface area contributed by atoms with Gasteiger partial charge in [-0.05, 0) is 31.0 Å². The zero-order chi connectivity index (χ0) is 12.7. The lowest BCUT2D eigenvalue weighted by Crippen LogP contribution is -2.43. The van der Waals surface area contributed by atoms with Crippen LogP contribution in [0.4, 0.5) is 11.4 Å². The topological polar surface area (TPSA) is 32.3 Å². The number of benzene rings is 1. The molecule has 2 saturated heterocycles. The molecule has 2 heterocycles. The fourth-order valence-electron chi connectivity index (χ4n) is 3.26. The van der Waals surface area contributed by atoms with Gasteiger partial charge in [0.1, 0.15) is 5.78 Å². The quantitative estimate of drug-likeness (QED) is 0.891. The molecule has 0 aromatic heterocycles. The molecule has 0 radical (unpaired) electrons. The van der Waals surface area contributed by atoms with Crippen molar-refractivity contribution in [1.82, 2.24) is 0 Å². The Morgan fingerprint density at radius 1 is 1.22 bits per heavy atom. The summed E-state index contributed by atoms with van der Waals surface area (Å²) in [5, 5.41) is 3.87. The first-order chi connectivity index (χ1) is 8.67. The molecule has 2 atom stereocenters. The van der Waals surface area contributed by atoms with Crippen LogP contribution in [0.2, 0.25) is 5.02 Å². The molecule has 0 aliphatic carbocycles. The number of hydrogen-bond acceptors (Lipinski definition) is 3. The monoisotopic (exact) mass is 264 g/mol. The number of anilines is 2.